The number of hydrogen-bond acceptors (Lipinski definition) is 4. The second-order valence-electron chi connectivity index (χ2n) is 4.72. The van der Waals surface area contributed by atoms with Gasteiger partial charge in [0, 0.05) is 11.9 Å². The number of benzene rings is 1. The minimum absolute atomic E-state index is 0.0428. The number of nitrogens with one attached hydrogen (secondary N) is 2. The molecule has 0 unspecified atom stereocenters. The normalized spacial score (nSPS) is 11.2. The van der Waals surface area contributed by atoms with Crippen LogP contribution in [0.25, 0.3) is 0 Å². The summed E-state index contributed by atoms with van der Waals surface area (Å²) in [5, 5.41) is 5.18. The summed E-state index contributed by atoms with van der Waals surface area (Å²) in [5.41, 5.74) is -0.370. The summed E-state index contributed by atoms with van der Waals surface area (Å²) < 4.78 is 38.2. The summed E-state index contributed by atoms with van der Waals surface area (Å²) in [6, 6.07) is 9.08. The molecule has 128 valence electrons. The fourth-order valence-electron chi connectivity index (χ4n) is 2.03. The molecule has 2 rings (SSSR count). The van der Waals surface area contributed by atoms with Crippen molar-refractivity contribution in [1.82, 2.24) is 4.98 Å². The molecule has 0 radical (unpaired) electrons. The maximum Gasteiger partial charge on any atom is 0.433 e. The van der Waals surface area contributed by atoms with Crippen LogP contribution < -0.4 is 10.6 Å². The minimum Gasteiger partial charge on any atom is -0.371 e. The quantitative estimate of drug-likeness (QED) is 0.775. The number of alkyl halides is 3. The SMILES string of the molecule is CCSc1ccccc1C(=O)Nc1ccc(C(F)(F)F)nc1NC. The number of carbonyl (C=O) groups is 1. The Bertz CT molecular complexity index is 735. The lowest BCUT2D eigenvalue weighted by molar-refractivity contribution is -0.141. The van der Waals surface area contributed by atoms with E-state index >= 15 is 0 Å². The molecule has 1 amide bonds. The molecule has 0 saturated carbocycles. The molecule has 24 heavy (non-hydrogen) atoms. The number of halogens is 3. The molecule has 4 nitrogen and oxygen atoms in total. The van der Waals surface area contributed by atoms with Gasteiger partial charge in [-0.3, -0.25) is 4.79 Å². The highest BCUT2D eigenvalue weighted by Crippen LogP contribution is 2.31. The molecule has 2 aromatic rings. The Morgan fingerprint density at radius 2 is 1.92 bits per heavy atom. The molecule has 0 saturated heterocycles. The zero-order chi connectivity index (χ0) is 17.7. The Morgan fingerprint density at radius 3 is 2.54 bits per heavy atom. The van der Waals surface area contributed by atoms with E-state index in [1.165, 1.54) is 24.9 Å². The molecular weight excluding hydrogens is 339 g/mol. The summed E-state index contributed by atoms with van der Waals surface area (Å²) in [4.78, 5) is 16.8. The van der Waals surface area contributed by atoms with Crippen molar-refractivity contribution >= 4 is 29.2 Å². The Kier molecular flexibility index (Phi) is 5.71. The average Bonchev–Trinajstić information content (AvgIpc) is 2.55. The number of thioether (sulfide) groups is 1. The summed E-state index contributed by atoms with van der Waals surface area (Å²) >= 11 is 1.52. The van der Waals surface area contributed by atoms with Crippen LogP contribution in [0.15, 0.2) is 41.3 Å². The maximum absolute atomic E-state index is 12.7. The Labute approximate surface area is 141 Å². The van der Waals surface area contributed by atoms with Crippen molar-refractivity contribution in [2.45, 2.75) is 18.0 Å². The highest BCUT2D eigenvalue weighted by Gasteiger charge is 2.33. The van der Waals surface area contributed by atoms with Crippen molar-refractivity contribution in [3.63, 3.8) is 0 Å². The van der Waals surface area contributed by atoms with Crippen LogP contribution in [0.4, 0.5) is 24.7 Å². The molecular formula is C16H16F3N3OS. The van der Waals surface area contributed by atoms with Gasteiger partial charge in [0.1, 0.15) is 11.5 Å². The lowest BCUT2D eigenvalue weighted by Crippen LogP contribution is -2.16. The summed E-state index contributed by atoms with van der Waals surface area (Å²) in [6.45, 7) is 1.97. The molecule has 0 aliphatic rings. The lowest BCUT2D eigenvalue weighted by atomic mass is 10.2. The first-order valence-electron chi connectivity index (χ1n) is 7.16. The number of aromatic nitrogens is 1. The van der Waals surface area contributed by atoms with E-state index in [-0.39, 0.29) is 11.5 Å². The molecule has 1 heterocycles. The smallest absolute Gasteiger partial charge is 0.371 e. The number of amides is 1. The predicted molar refractivity (Wildman–Crippen MR) is 89.6 cm³/mol. The molecule has 0 aliphatic heterocycles. The number of hydrogen-bond donors (Lipinski definition) is 2. The van der Waals surface area contributed by atoms with Gasteiger partial charge in [0.2, 0.25) is 0 Å². The summed E-state index contributed by atoms with van der Waals surface area (Å²) in [6.07, 6.45) is -4.54. The van der Waals surface area contributed by atoms with Crippen LogP contribution in [-0.2, 0) is 6.18 Å². The van der Waals surface area contributed by atoms with Crippen molar-refractivity contribution in [2.75, 3.05) is 23.4 Å². The van der Waals surface area contributed by atoms with Crippen LogP contribution in [0.2, 0.25) is 0 Å². The zero-order valence-corrected chi connectivity index (χ0v) is 13.9. The first kappa shape index (κ1) is 18.1. The first-order chi connectivity index (χ1) is 11.4. The molecule has 0 spiro atoms. The number of rotatable bonds is 5. The number of carbonyl (C=O) groups excluding carboxylic acids is 1. The van der Waals surface area contributed by atoms with Gasteiger partial charge in [-0.1, -0.05) is 19.1 Å². The van der Waals surface area contributed by atoms with E-state index in [4.69, 9.17) is 0 Å². The highest BCUT2D eigenvalue weighted by atomic mass is 32.2. The van der Waals surface area contributed by atoms with Crippen LogP contribution >= 0.6 is 11.8 Å². The third-order valence-corrected chi connectivity index (χ3v) is 4.06. The molecule has 1 aromatic carbocycles. The standard InChI is InChI=1S/C16H16F3N3OS/c1-3-24-12-7-5-4-6-10(12)15(23)21-11-8-9-13(16(17,18)19)22-14(11)20-2/h4-9H,3H2,1-2H3,(H,20,22)(H,21,23). The van der Waals surface area contributed by atoms with E-state index in [0.717, 1.165) is 16.7 Å². The minimum atomic E-state index is -4.54. The van der Waals surface area contributed by atoms with E-state index in [1.54, 1.807) is 12.1 Å². The topological polar surface area (TPSA) is 54.0 Å². The monoisotopic (exact) mass is 355 g/mol. The second kappa shape index (κ2) is 7.57. The first-order valence-corrected chi connectivity index (χ1v) is 8.14. The second-order valence-corrected chi connectivity index (χ2v) is 6.03. The van der Waals surface area contributed by atoms with Gasteiger partial charge in [0.25, 0.3) is 5.91 Å². The van der Waals surface area contributed by atoms with Crippen molar-refractivity contribution in [3.8, 4) is 0 Å². The molecule has 1 aromatic heterocycles. The predicted octanol–water partition coefficient (Wildman–Crippen LogP) is 4.51. The Hall–Kier alpha value is -2.22. The van der Waals surface area contributed by atoms with Gasteiger partial charge in [-0.15, -0.1) is 11.8 Å². The van der Waals surface area contributed by atoms with Gasteiger partial charge < -0.3 is 10.6 Å². The lowest BCUT2D eigenvalue weighted by Gasteiger charge is -2.14. The van der Waals surface area contributed by atoms with Gasteiger partial charge in [0.05, 0.1) is 11.3 Å². The third-order valence-electron chi connectivity index (χ3n) is 3.10. The van der Waals surface area contributed by atoms with Crippen LogP contribution in [0.5, 0.6) is 0 Å². The van der Waals surface area contributed by atoms with Crippen LogP contribution in [0.1, 0.15) is 23.0 Å². The summed E-state index contributed by atoms with van der Waals surface area (Å²) in [5.74, 6) is 0.358. The fourth-order valence-corrected chi connectivity index (χ4v) is 2.84. The van der Waals surface area contributed by atoms with Gasteiger partial charge >= 0.3 is 6.18 Å². The van der Waals surface area contributed by atoms with E-state index in [9.17, 15) is 18.0 Å². The Morgan fingerprint density at radius 1 is 1.21 bits per heavy atom. The zero-order valence-electron chi connectivity index (χ0n) is 13.1. The van der Waals surface area contributed by atoms with Crippen molar-refractivity contribution < 1.29 is 18.0 Å². The highest BCUT2D eigenvalue weighted by molar-refractivity contribution is 7.99. The fraction of sp³-hybridized carbons (Fsp3) is 0.250. The van der Waals surface area contributed by atoms with Gasteiger partial charge in [-0.2, -0.15) is 13.2 Å². The number of pyridine rings is 1. The summed E-state index contributed by atoms with van der Waals surface area (Å²) in [7, 11) is 1.44. The average molecular weight is 355 g/mol. The molecule has 0 atom stereocenters. The molecule has 0 aliphatic carbocycles. The van der Waals surface area contributed by atoms with Gasteiger partial charge in [-0.25, -0.2) is 4.98 Å². The largest absolute Gasteiger partial charge is 0.433 e. The van der Waals surface area contributed by atoms with Crippen LogP contribution in [-0.4, -0.2) is 23.7 Å². The van der Waals surface area contributed by atoms with Crippen molar-refractivity contribution in [1.29, 1.82) is 0 Å². The number of nitrogens with zero attached hydrogens (tertiary/aromatic N) is 1. The van der Waals surface area contributed by atoms with Crippen LogP contribution in [0, 0.1) is 0 Å². The molecule has 2 N–H and O–H groups in total. The molecule has 0 bridgehead atoms. The van der Waals surface area contributed by atoms with Gasteiger partial charge in [-0.05, 0) is 30.0 Å². The number of anilines is 2. The van der Waals surface area contributed by atoms with Crippen LogP contribution in [0.3, 0.4) is 0 Å². The van der Waals surface area contributed by atoms with E-state index in [0.29, 0.717) is 5.56 Å². The van der Waals surface area contributed by atoms with E-state index in [1.807, 2.05) is 19.1 Å². The van der Waals surface area contributed by atoms with Crippen molar-refractivity contribution in [3.05, 3.63) is 47.7 Å². The molecule has 0 fully saturated rings. The van der Waals surface area contributed by atoms with E-state index < -0.39 is 17.8 Å². The van der Waals surface area contributed by atoms with Gasteiger partial charge in [0.15, 0.2) is 0 Å². The molecule has 8 heteroatoms. The third kappa shape index (κ3) is 4.19. The van der Waals surface area contributed by atoms with E-state index in [2.05, 4.69) is 15.6 Å². The maximum atomic E-state index is 12.7. The van der Waals surface area contributed by atoms with Crippen molar-refractivity contribution in [2.24, 2.45) is 0 Å². The Balaban J connectivity index is 2.29.